The fourth-order valence-corrected chi connectivity index (χ4v) is 3.35. The first-order valence-electron chi connectivity index (χ1n) is 9.00. The van der Waals surface area contributed by atoms with E-state index in [1.165, 1.54) is 13.3 Å². The molecule has 7 heteroatoms. The number of rotatable bonds is 7. The van der Waals surface area contributed by atoms with Gasteiger partial charge in [-0.2, -0.15) is 0 Å². The summed E-state index contributed by atoms with van der Waals surface area (Å²) < 4.78 is 15.3. The quantitative estimate of drug-likeness (QED) is 0.569. The predicted molar refractivity (Wildman–Crippen MR) is 105 cm³/mol. The van der Waals surface area contributed by atoms with E-state index in [1.54, 1.807) is 28.1 Å². The van der Waals surface area contributed by atoms with Crippen LogP contribution in [0.4, 0.5) is 0 Å². The third-order valence-corrected chi connectivity index (χ3v) is 4.88. The number of aliphatic hydroxyl groups excluding tert-OH is 1. The van der Waals surface area contributed by atoms with Crippen LogP contribution in [0.15, 0.2) is 34.5 Å². The minimum absolute atomic E-state index is 0.0713. The van der Waals surface area contributed by atoms with Crippen LogP contribution < -0.4 is 9.47 Å². The molecule has 1 unspecified atom stereocenters. The van der Waals surface area contributed by atoms with Crippen molar-refractivity contribution in [1.82, 2.24) is 0 Å². The summed E-state index contributed by atoms with van der Waals surface area (Å²) in [5.74, 6) is -0.682. The van der Waals surface area contributed by atoms with Gasteiger partial charge >= 0.3 is 5.97 Å². The largest absolute Gasteiger partial charge is 0.511 e. The molecule has 0 fully saturated rings. The number of methoxy groups -OCH3 is 3. The Balaban J connectivity index is 2.14. The number of aliphatic hydroxyl groups is 1. The van der Waals surface area contributed by atoms with E-state index in [4.69, 9.17) is 14.2 Å². The number of Topliss-reactive ketones (excluding diaryl/α,β-unsaturated/α-hetero) is 1. The lowest BCUT2D eigenvalue weighted by Crippen LogP contribution is -2.40. The number of hydrogen-bond donors (Lipinski definition) is 1. The van der Waals surface area contributed by atoms with Gasteiger partial charge in [-0.1, -0.05) is 19.9 Å². The van der Waals surface area contributed by atoms with Gasteiger partial charge < -0.3 is 19.3 Å². The lowest BCUT2D eigenvalue weighted by atomic mass is 9.68. The van der Waals surface area contributed by atoms with Gasteiger partial charge in [-0.25, -0.2) is 0 Å². The highest BCUT2D eigenvalue weighted by molar-refractivity contribution is 6.15. The molecule has 7 nitrogen and oxygen atoms in total. The van der Waals surface area contributed by atoms with Crippen LogP contribution in [0, 0.1) is 11.3 Å². The minimum Gasteiger partial charge on any atom is -0.511 e. The average molecular weight is 389 g/mol. The van der Waals surface area contributed by atoms with E-state index in [-0.39, 0.29) is 23.5 Å². The van der Waals surface area contributed by atoms with Crippen LogP contribution in [0.3, 0.4) is 0 Å². The zero-order valence-electron chi connectivity index (χ0n) is 16.9. The van der Waals surface area contributed by atoms with Crippen LogP contribution in [0.1, 0.15) is 25.8 Å². The van der Waals surface area contributed by atoms with E-state index in [1.807, 2.05) is 18.2 Å². The molecule has 0 aromatic heterocycles. The second-order valence-corrected chi connectivity index (χ2v) is 7.32. The highest BCUT2D eigenvalue weighted by Gasteiger charge is 2.46. The molecule has 0 saturated heterocycles. The predicted octanol–water partition coefficient (Wildman–Crippen LogP) is 2.92. The molecule has 1 aromatic carbocycles. The Morgan fingerprint density at radius 3 is 2.54 bits per heavy atom. The van der Waals surface area contributed by atoms with Crippen molar-refractivity contribution in [1.29, 1.82) is 0 Å². The Hall–Kier alpha value is -2.83. The van der Waals surface area contributed by atoms with E-state index in [0.717, 1.165) is 5.56 Å². The zero-order chi connectivity index (χ0) is 20.9. The SMILES string of the molecule is COC(=O)C1C(O)=C(C=NCCc2ccc(OC)c(OC)c2)C(=O)CC1(C)C. The van der Waals surface area contributed by atoms with Crippen molar-refractivity contribution in [2.24, 2.45) is 16.3 Å². The van der Waals surface area contributed by atoms with Gasteiger partial charge in [0.05, 0.1) is 26.9 Å². The fourth-order valence-electron chi connectivity index (χ4n) is 3.35. The number of ether oxygens (including phenoxy) is 3. The van der Waals surface area contributed by atoms with E-state index >= 15 is 0 Å². The van der Waals surface area contributed by atoms with Crippen molar-refractivity contribution in [2.45, 2.75) is 26.7 Å². The van der Waals surface area contributed by atoms with E-state index < -0.39 is 17.3 Å². The smallest absolute Gasteiger partial charge is 0.316 e. The third-order valence-electron chi connectivity index (χ3n) is 4.88. The fraction of sp³-hybridized carbons (Fsp3) is 0.476. The third kappa shape index (κ3) is 4.52. The van der Waals surface area contributed by atoms with Crippen LogP contribution in [0.25, 0.3) is 0 Å². The summed E-state index contributed by atoms with van der Waals surface area (Å²) >= 11 is 0. The maximum atomic E-state index is 12.4. The van der Waals surface area contributed by atoms with Crippen molar-refractivity contribution < 1.29 is 28.9 Å². The highest BCUT2D eigenvalue weighted by atomic mass is 16.5. The maximum Gasteiger partial charge on any atom is 0.316 e. The number of aliphatic imine (C=N–C) groups is 1. The molecule has 1 aromatic rings. The van der Waals surface area contributed by atoms with Gasteiger partial charge in [0, 0.05) is 19.2 Å². The van der Waals surface area contributed by atoms with E-state index in [2.05, 4.69) is 4.99 Å². The summed E-state index contributed by atoms with van der Waals surface area (Å²) in [4.78, 5) is 28.8. The standard InChI is InChI=1S/C21H27NO6/c1-21(2)11-15(23)14(19(24)18(21)20(25)28-5)12-22-9-8-13-6-7-16(26-3)17(10-13)27-4/h6-7,10,12,18,24H,8-9,11H2,1-5H3. The molecule has 28 heavy (non-hydrogen) atoms. The maximum absolute atomic E-state index is 12.4. The molecular formula is C21H27NO6. The molecule has 1 aliphatic rings. The molecule has 1 aliphatic carbocycles. The van der Waals surface area contributed by atoms with Crippen molar-refractivity contribution >= 4 is 18.0 Å². The Morgan fingerprint density at radius 2 is 1.93 bits per heavy atom. The van der Waals surface area contributed by atoms with Crippen LogP contribution in [-0.4, -0.2) is 50.9 Å². The van der Waals surface area contributed by atoms with Gasteiger partial charge in [0.2, 0.25) is 0 Å². The van der Waals surface area contributed by atoms with Gasteiger partial charge in [0.15, 0.2) is 17.3 Å². The van der Waals surface area contributed by atoms with Gasteiger partial charge in [0.1, 0.15) is 11.7 Å². The van der Waals surface area contributed by atoms with E-state index in [9.17, 15) is 14.7 Å². The molecule has 0 amide bonds. The number of esters is 1. The Morgan fingerprint density at radius 1 is 1.25 bits per heavy atom. The topological polar surface area (TPSA) is 94.4 Å². The number of hydrogen-bond acceptors (Lipinski definition) is 7. The molecule has 2 rings (SSSR count). The average Bonchev–Trinajstić information content (AvgIpc) is 2.65. The lowest BCUT2D eigenvalue weighted by molar-refractivity contribution is -0.150. The van der Waals surface area contributed by atoms with Gasteiger partial charge in [-0.05, 0) is 29.5 Å². The Kier molecular flexibility index (Phi) is 6.83. The van der Waals surface area contributed by atoms with Crippen LogP contribution in [0.5, 0.6) is 11.5 Å². The van der Waals surface area contributed by atoms with Crippen LogP contribution in [0.2, 0.25) is 0 Å². The molecule has 0 heterocycles. The normalized spacial score (nSPS) is 19.0. The molecule has 0 saturated carbocycles. The summed E-state index contributed by atoms with van der Waals surface area (Å²) in [5, 5.41) is 10.5. The summed E-state index contributed by atoms with van der Waals surface area (Å²) in [6.07, 6.45) is 2.10. The number of nitrogens with zero attached hydrogens (tertiary/aromatic N) is 1. The second-order valence-electron chi connectivity index (χ2n) is 7.32. The zero-order valence-corrected chi connectivity index (χ0v) is 16.9. The molecule has 0 spiro atoms. The van der Waals surface area contributed by atoms with E-state index in [0.29, 0.717) is 24.5 Å². The summed E-state index contributed by atoms with van der Waals surface area (Å²) in [6, 6.07) is 5.60. The number of allylic oxidation sites excluding steroid dienone is 1. The second kappa shape index (κ2) is 8.91. The van der Waals surface area contributed by atoms with Crippen molar-refractivity contribution in [3.8, 4) is 11.5 Å². The highest BCUT2D eigenvalue weighted by Crippen LogP contribution is 2.41. The first kappa shape index (κ1) is 21.5. The first-order chi connectivity index (χ1) is 13.2. The summed E-state index contributed by atoms with van der Waals surface area (Å²) in [7, 11) is 4.41. The molecular weight excluding hydrogens is 362 g/mol. The lowest BCUT2D eigenvalue weighted by Gasteiger charge is -2.35. The molecule has 0 aliphatic heterocycles. The van der Waals surface area contributed by atoms with Gasteiger partial charge in [-0.3, -0.25) is 14.6 Å². The summed E-state index contributed by atoms with van der Waals surface area (Å²) in [5.41, 5.74) is 0.351. The number of carbonyl (C=O) groups excluding carboxylic acids is 2. The molecule has 1 N–H and O–H groups in total. The minimum atomic E-state index is -0.887. The first-order valence-corrected chi connectivity index (χ1v) is 9.00. The van der Waals surface area contributed by atoms with Gasteiger partial charge in [-0.15, -0.1) is 0 Å². The van der Waals surface area contributed by atoms with Crippen molar-refractivity contribution in [3.63, 3.8) is 0 Å². The van der Waals surface area contributed by atoms with Crippen LogP contribution >= 0.6 is 0 Å². The van der Waals surface area contributed by atoms with Crippen molar-refractivity contribution in [3.05, 3.63) is 35.1 Å². The van der Waals surface area contributed by atoms with Gasteiger partial charge in [0.25, 0.3) is 0 Å². The monoisotopic (exact) mass is 389 g/mol. The molecule has 152 valence electrons. The number of ketones is 1. The number of benzene rings is 1. The Labute approximate surface area is 165 Å². The van der Waals surface area contributed by atoms with Crippen molar-refractivity contribution in [2.75, 3.05) is 27.9 Å². The Bertz CT molecular complexity index is 809. The molecule has 1 atom stereocenters. The molecule has 0 radical (unpaired) electrons. The summed E-state index contributed by atoms with van der Waals surface area (Å²) in [6.45, 7) is 3.92. The van der Waals surface area contributed by atoms with Crippen LogP contribution in [-0.2, 0) is 20.7 Å². The number of carbonyl (C=O) groups is 2. The molecule has 0 bridgehead atoms.